The number of aliphatic carboxylic acids is 1. The van der Waals surface area contributed by atoms with E-state index in [0.29, 0.717) is 23.3 Å². The van der Waals surface area contributed by atoms with Gasteiger partial charge in [0.2, 0.25) is 0 Å². The van der Waals surface area contributed by atoms with Gasteiger partial charge in [0.15, 0.2) is 0 Å². The van der Waals surface area contributed by atoms with Crippen LogP contribution in [0.15, 0.2) is 0 Å². The van der Waals surface area contributed by atoms with Crippen LogP contribution >= 0.6 is 31.9 Å². The number of amides is 1. The fourth-order valence-electron chi connectivity index (χ4n) is 5.69. The van der Waals surface area contributed by atoms with Crippen molar-refractivity contribution in [3.05, 3.63) is 0 Å². The number of halogens is 2. The molecular weight excluding hydrogens is 760 g/mol. The van der Waals surface area contributed by atoms with Gasteiger partial charge >= 0.3 is 12.1 Å². The van der Waals surface area contributed by atoms with Gasteiger partial charge < -0.3 is 20.9 Å². The Kier molecular flexibility index (Phi) is 26.3. The molecule has 4 N–H and O–H groups in total. The summed E-state index contributed by atoms with van der Waals surface area (Å²) in [6.07, 6.45) is 11.6. The van der Waals surface area contributed by atoms with Crippen molar-refractivity contribution in [2.45, 2.75) is 196 Å². The summed E-state index contributed by atoms with van der Waals surface area (Å²) < 4.78 is 5.21. The number of rotatable bonds is 11. The van der Waals surface area contributed by atoms with Crippen LogP contribution in [0.3, 0.4) is 0 Å². The average molecular weight is 845 g/mol. The van der Waals surface area contributed by atoms with Gasteiger partial charge in [-0.05, 0) is 88.0 Å². The Morgan fingerprint density at radius 1 is 0.837 bits per heavy atom. The van der Waals surface area contributed by atoms with E-state index in [2.05, 4.69) is 126 Å². The third-order valence-electron chi connectivity index (χ3n) is 10.5. The van der Waals surface area contributed by atoms with Gasteiger partial charge in [0.25, 0.3) is 0 Å². The second kappa shape index (κ2) is 24.2. The summed E-state index contributed by atoms with van der Waals surface area (Å²) in [6, 6.07) is 1.04. The highest BCUT2D eigenvalue weighted by atomic mass is 79.9. The zero-order valence-corrected chi connectivity index (χ0v) is 38.3. The second-order valence-electron chi connectivity index (χ2n) is 17.3. The molecule has 296 valence electrons. The largest absolute Gasteiger partial charge is 0.481 e. The second-order valence-corrected chi connectivity index (χ2v) is 24.9. The summed E-state index contributed by atoms with van der Waals surface area (Å²) in [7, 11) is -1.09. The molecule has 6 nitrogen and oxygen atoms in total. The fraction of sp³-hybridized carbons (Fsp3) is 0.950. The first kappa shape index (κ1) is 53.2. The third kappa shape index (κ3) is 23.2. The van der Waals surface area contributed by atoms with E-state index in [1.807, 2.05) is 13.8 Å². The fourth-order valence-corrected chi connectivity index (χ4v) is 6.87. The molecule has 0 aromatic carbocycles. The van der Waals surface area contributed by atoms with Crippen molar-refractivity contribution >= 4 is 52.0 Å². The number of nitrogens with one attached hydrogen (secondary N) is 1. The van der Waals surface area contributed by atoms with Crippen LogP contribution in [0.2, 0.25) is 25.7 Å². The third-order valence-corrected chi connectivity index (χ3v) is 14.9. The van der Waals surface area contributed by atoms with E-state index in [1.54, 1.807) is 0 Å². The van der Waals surface area contributed by atoms with Crippen LogP contribution in [0, 0.1) is 34.5 Å². The standard InChI is InChI=1S/C12H25NO2Si.C7H12O2.C7H14.C6H13N.C4H8Br2.C3H8.CH4/c1-6-10-9-12(10,2)13-11(14)15-7-8-16(3,4)5;1-3-5-4-7(5,2)6(8)9;1-4-6-5-7(6,2)3;1-3-5-4-6(5,2)7;1-2-4(6)3-5;1-3-2;/h10H,6-9H2,1-5H3,(H,13,14);5H,3-4H2,1-2H3,(H,8,9);6H,4-5H2,1-3H3;5H,3-4,7H2,1-2H3;4H,2-3H2,1H3;3H2,1-2H3;1H4. The van der Waals surface area contributed by atoms with E-state index in [-0.39, 0.29) is 30.0 Å². The number of ether oxygens (including phenoxy) is 1. The normalized spacial score (nSPS) is 31.1. The van der Waals surface area contributed by atoms with E-state index < -0.39 is 14.0 Å². The maximum absolute atomic E-state index is 11.5. The molecule has 0 aliphatic heterocycles. The molecule has 0 aromatic heterocycles. The number of hydrogen-bond acceptors (Lipinski definition) is 4. The molecule has 8 atom stereocenters. The quantitative estimate of drug-likeness (QED) is 0.142. The topological polar surface area (TPSA) is 102 Å². The van der Waals surface area contributed by atoms with Gasteiger partial charge in [-0.15, -0.1) is 0 Å². The van der Waals surface area contributed by atoms with Crippen LogP contribution in [-0.2, 0) is 9.53 Å². The summed E-state index contributed by atoms with van der Waals surface area (Å²) >= 11 is 6.76. The van der Waals surface area contributed by atoms with Crippen molar-refractivity contribution in [1.29, 1.82) is 0 Å². The van der Waals surface area contributed by atoms with Crippen LogP contribution in [0.1, 0.15) is 155 Å². The lowest BCUT2D eigenvalue weighted by Crippen LogP contribution is -2.37. The molecule has 0 bridgehead atoms. The summed E-state index contributed by atoms with van der Waals surface area (Å²) in [5.74, 6) is 2.32. The van der Waals surface area contributed by atoms with Crippen LogP contribution in [0.4, 0.5) is 4.79 Å². The predicted octanol–water partition coefficient (Wildman–Crippen LogP) is 12.9. The Bertz CT molecular complexity index is 887. The lowest BCUT2D eigenvalue weighted by molar-refractivity contribution is -0.143. The van der Waals surface area contributed by atoms with Crippen LogP contribution in [0.25, 0.3) is 0 Å². The highest BCUT2D eigenvalue weighted by molar-refractivity contribution is 9.12. The molecule has 9 heteroatoms. The molecule has 8 unspecified atom stereocenters. The first-order chi connectivity index (χ1) is 21.9. The number of alkyl carbamates (subject to hydrolysis) is 1. The van der Waals surface area contributed by atoms with Crippen molar-refractivity contribution in [3.8, 4) is 0 Å². The van der Waals surface area contributed by atoms with Gasteiger partial charge in [0.1, 0.15) is 0 Å². The molecule has 0 spiro atoms. The SMILES string of the molecule is C.CCC.CCC(Br)CBr.CCC1CC1(C)C.CCC1CC1(C)C(=O)O.CCC1CC1(C)N.CCC1CC1(C)NC(=O)OCC[Si](C)(C)C. The van der Waals surface area contributed by atoms with E-state index >= 15 is 0 Å². The van der Waals surface area contributed by atoms with Crippen LogP contribution in [0.5, 0.6) is 0 Å². The molecule has 0 aromatic rings. The Morgan fingerprint density at radius 2 is 1.27 bits per heavy atom. The zero-order valence-electron chi connectivity index (χ0n) is 34.1. The molecule has 4 saturated carbocycles. The number of carboxylic acids is 1. The first-order valence-corrected chi connectivity index (χ1v) is 24.8. The summed E-state index contributed by atoms with van der Waals surface area (Å²) in [4.78, 5) is 22.6. The maximum atomic E-state index is 11.5. The highest BCUT2D eigenvalue weighted by Crippen LogP contribution is 2.54. The number of carboxylic acid groups (broad SMARTS) is 1. The van der Waals surface area contributed by atoms with Gasteiger partial charge in [-0.1, -0.05) is 153 Å². The molecule has 1 amide bonds. The average Bonchev–Trinajstić information content (AvgIpc) is 3.94. The van der Waals surface area contributed by atoms with Gasteiger partial charge in [-0.3, -0.25) is 4.79 Å². The van der Waals surface area contributed by atoms with Gasteiger partial charge in [0.05, 0.1) is 12.0 Å². The lowest BCUT2D eigenvalue weighted by atomic mass is 10.1. The molecule has 4 aliphatic rings. The molecule has 49 heavy (non-hydrogen) atoms. The predicted molar refractivity (Wildman–Crippen MR) is 226 cm³/mol. The number of alkyl halides is 2. The van der Waals surface area contributed by atoms with Crippen molar-refractivity contribution in [3.63, 3.8) is 0 Å². The van der Waals surface area contributed by atoms with Gasteiger partial charge in [-0.25, -0.2) is 4.79 Å². The Labute approximate surface area is 323 Å². The molecule has 4 aliphatic carbocycles. The van der Waals surface area contributed by atoms with Gasteiger partial charge in [0, 0.05) is 29.3 Å². The summed E-state index contributed by atoms with van der Waals surface area (Å²) in [5, 5.41) is 12.6. The van der Waals surface area contributed by atoms with Crippen molar-refractivity contribution in [2.75, 3.05) is 11.9 Å². The van der Waals surface area contributed by atoms with Crippen LogP contribution < -0.4 is 11.1 Å². The first-order valence-electron chi connectivity index (χ1n) is 19.1. The zero-order chi connectivity index (χ0) is 38.1. The van der Waals surface area contributed by atoms with Crippen LogP contribution in [-0.4, -0.2) is 53.1 Å². The van der Waals surface area contributed by atoms with Gasteiger partial charge in [-0.2, -0.15) is 0 Å². The van der Waals surface area contributed by atoms with E-state index in [1.165, 1.54) is 38.5 Å². The van der Waals surface area contributed by atoms with Crippen molar-refractivity contribution in [2.24, 2.45) is 40.2 Å². The minimum Gasteiger partial charge on any atom is -0.481 e. The lowest BCUT2D eigenvalue weighted by Gasteiger charge is -2.17. The molecule has 0 heterocycles. The molecule has 4 rings (SSSR count). The molecule has 0 saturated heterocycles. The maximum Gasteiger partial charge on any atom is 0.407 e. The van der Waals surface area contributed by atoms with Crippen molar-refractivity contribution in [1.82, 2.24) is 5.32 Å². The number of carbonyl (C=O) groups excluding carboxylic acids is 1. The Hall–Kier alpha value is -0.123. The highest BCUT2D eigenvalue weighted by Gasteiger charge is 2.55. The number of hydrogen-bond donors (Lipinski definition) is 3. The minimum absolute atomic E-state index is 0. The van der Waals surface area contributed by atoms with E-state index in [9.17, 15) is 9.59 Å². The molecule has 0 radical (unpaired) electrons. The summed E-state index contributed by atoms with van der Waals surface area (Å²) in [5.41, 5.74) is 6.29. The van der Waals surface area contributed by atoms with Crippen molar-refractivity contribution < 1.29 is 19.4 Å². The molecule has 4 fully saturated rings. The Morgan fingerprint density at radius 3 is 1.43 bits per heavy atom. The molecular formula is C40H84Br2N2O4Si. The summed E-state index contributed by atoms with van der Waals surface area (Å²) in [6.45, 7) is 33.2. The monoisotopic (exact) mass is 842 g/mol. The van der Waals surface area contributed by atoms with E-state index in [0.717, 1.165) is 54.3 Å². The minimum atomic E-state index is -1.09. The number of carbonyl (C=O) groups is 2. The van der Waals surface area contributed by atoms with E-state index in [4.69, 9.17) is 15.6 Å². The smallest absolute Gasteiger partial charge is 0.407 e. The Balaban J connectivity index is -0.000000553. The number of nitrogens with two attached hydrogens (primary N) is 1.